The van der Waals surface area contributed by atoms with Crippen LogP contribution in [0.2, 0.25) is 0 Å². The summed E-state index contributed by atoms with van der Waals surface area (Å²) in [6, 6.07) is 7.44. The first-order valence-corrected chi connectivity index (χ1v) is 7.33. The molecule has 0 aromatic carbocycles. The second-order valence-electron chi connectivity index (χ2n) is 4.24. The highest BCUT2D eigenvalue weighted by Crippen LogP contribution is 2.08. The molecular weight excluding hydrogens is 260 g/mol. The van der Waals surface area contributed by atoms with Crippen molar-refractivity contribution in [1.29, 1.82) is 0 Å². The molecule has 19 heavy (non-hydrogen) atoms. The summed E-state index contributed by atoms with van der Waals surface area (Å²) in [4.78, 5) is 0. The topological polar surface area (TPSA) is 53.9 Å². The van der Waals surface area contributed by atoms with Gasteiger partial charge in [-0.2, -0.15) is 21.2 Å². The van der Waals surface area contributed by atoms with Gasteiger partial charge in [0.1, 0.15) is 0 Å². The average molecular weight is 276 g/mol. The molecule has 0 fully saturated rings. The lowest BCUT2D eigenvalue weighted by Gasteiger charge is -2.03. The van der Waals surface area contributed by atoms with E-state index in [1.54, 1.807) is 0 Å². The summed E-state index contributed by atoms with van der Waals surface area (Å²) in [6.07, 6.45) is 8.07. The summed E-state index contributed by atoms with van der Waals surface area (Å²) in [6.45, 7) is 0. The van der Waals surface area contributed by atoms with Crippen molar-refractivity contribution in [2.24, 2.45) is 0 Å². The molecule has 2 aromatic rings. The molecule has 0 radical (unpaired) electrons. The van der Waals surface area contributed by atoms with Crippen molar-refractivity contribution in [3.63, 3.8) is 0 Å². The summed E-state index contributed by atoms with van der Waals surface area (Å²) >= 11 is 1.88. The Morgan fingerprint density at radius 3 is 1.47 bits per heavy atom. The van der Waals surface area contributed by atoms with E-state index in [0.29, 0.717) is 0 Å². The second-order valence-corrected chi connectivity index (χ2v) is 5.47. The second kappa shape index (κ2) is 6.99. The average Bonchev–Trinajstić information content (AvgIpc) is 2.43. The van der Waals surface area contributed by atoms with Gasteiger partial charge in [-0.3, -0.25) is 0 Å². The number of nitrogens with zero attached hydrogens (tertiary/aromatic N) is 2. The van der Waals surface area contributed by atoms with Gasteiger partial charge in [0.15, 0.2) is 24.8 Å². The van der Waals surface area contributed by atoms with Gasteiger partial charge in [0.2, 0.25) is 0 Å². The molecule has 0 saturated carbocycles. The van der Waals surface area contributed by atoms with Crippen molar-refractivity contribution in [3.05, 3.63) is 70.6 Å². The fraction of sp³-hybridized carbons (Fsp3) is 0.286. The number of rotatable bonds is 6. The van der Waals surface area contributed by atoms with Crippen LogP contribution in [0.15, 0.2) is 49.1 Å². The Kier molecular flexibility index (Phi) is 5.03. The van der Waals surface area contributed by atoms with E-state index >= 15 is 0 Å². The Morgan fingerprint density at radius 2 is 1.11 bits per heavy atom. The number of pyridine rings is 2. The monoisotopic (exact) mass is 276 g/mol. The summed E-state index contributed by atoms with van der Waals surface area (Å²) in [7, 11) is 0. The number of aromatic nitrogens is 2. The quantitative estimate of drug-likeness (QED) is 0.456. The van der Waals surface area contributed by atoms with E-state index < -0.39 is 0 Å². The van der Waals surface area contributed by atoms with Crippen molar-refractivity contribution in [2.75, 3.05) is 11.5 Å². The van der Waals surface area contributed by atoms with Crippen molar-refractivity contribution < 1.29 is 9.46 Å². The molecular formula is C14H16N2O2S. The minimum Gasteiger partial charge on any atom is -0.619 e. The van der Waals surface area contributed by atoms with Crippen molar-refractivity contribution in [1.82, 2.24) is 0 Å². The smallest absolute Gasteiger partial charge is 0.180 e. The molecule has 0 bridgehead atoms. The van der Waals surface area contributed by atoms with E-state index in [2.05, 4.69) is 0 Å². The number of aryl methyl sites for hydroxylation is 2. The third-order valence-electron chi connectivity index (χ3n) is 2.81. The molecule has 0 N–H and O–H groups in total. The highest BCUT2D eigenvalue weighted by molar-refractivity contribution is 7.99. The first-order chi connectivity index (χ1) is 9.24. The van der Waals surface area contributed by atoms with Crippen LogP contribution in [0.5, 0.6) is 0 Å². The fourth-order valence-corrected chi connectivity index (χ4v) is 2.67. The van der Waals surface area contributed by atoms with Crippen LogP contribution < -0.4 is 9.46 Å². The van der Waals surface area contributed by atoms with Crippen LogP contribution >= 0.6 is 11.8 Å². The Bertz CT molecular complexity index is 452. The molecule has 0 atom stereocenters. The first kappa shape index (κ1) is 13.7. The van der Waals surface area contributed by atoms with Crippen LogP contribution in [-0.2, 0) is 12.8 Å². The Morgan fingerprint density at radius 1 is 0.737 bits per heavy atom. The zero-order valence-electron chi connectivity index (χ0n) is 10.6. The standard InChI is InChI=1S/C14H16N2O2S/c17-15-7-1-13(2-8-15)5-11-19-12-6-14-3-9-16(18)10-4-14/h1-4,7-10H,5-6,11-12H2. The van der Waals surface area contributed by atoms with Crippen LogP contribution in [0.25, 0.3) is 0 Å². The molecule has 0 aliphatic rings. The van der Waals surface area contributed by atoms with E-state index in [-0.39, 0.29) is 0 Å². The molecule has 0 amide bonds. The molecule has 4 nitrogen and oxygen atoms in total. The van der Waals surface area contributed by atoms with Crippen LogP contribution in [0.1, 0.15) is 11.1 Å². The third kappa shape index (κ3) is 4.79. The largest absolute Gasteiger partial charge is 0.619 e. The van der Waals surface area contributed by atoms with E-state index in [1.807, 2.05) is 36.0 Å². The van der Waals surface area contributed by atoms with Gasteiger partial charge in [-0.1, -0.05) is 0 Å². The molecule has 2 aromatic heterocycles. The molecule has 5 heteroatoms. The molecule has 2 heterocycles. The van der Waals surface area contributed by atoms with E-state index in [4.69, 9.17) is 0 Å². The Labute approximate surface area is 116 Å². The molecule has 0 aliphatic carbocycles. The SMILES string of the molecule is [O-][n+]1ccc(CCSCCc2cc[n+]([O-])cc2)cc1. The zero-order valence-corrected chi connectivity index (χ0v) is 11.4. The van der Waals surface area contributed by atoms with Crippen LogP contribution in [-0.4, -0.2) is 11.5 Å². The van der Waals surface area contributed by atoms with Gasteiger partial charge in [-0.05, 0) is 35.5 Å². The van der Waals surface area contributed by atoms with Crippen LogP contribution in [0.3, 0.4) is 0 Å². The minimum atomic E-state index is 0.800. The summed E-state index contributed by atoms with van der Waals surface area (Å²) in [5, 5.41) is 21.7. The predicted octanol–water partition coefficient (Wildman–Crippen LogP) is 1.47. The normalized spacial score (nSPS) is 10.5. The van der Waals surface area contributed by atoms with Crippen molar-refractivity contribution in [3.8, 4) is 0 Å². The summed E-state index contributed by atoms with van der Waals surface area (Å²) in [5.74, 6) is 2.08. The van der Waals surface area contributed by atoms with Crippen molar-refractivity contribution >= 4 is 11.8 Å². The predicted molar refractivity (Wildman–Crippen MR) is 75.5 cm³/mol. The van der Waals surface area contributed by atoms with Gasteiger partial charge in [-0.25, -0.2) is 0 Å². The first-order valence-electron chi connectivity index (χ1n) is 6.17. The van der Waals surface area contributed by atoms with E-state index in [9.17, 15) is 10.4 Å². The maximum absolute atomic E-state index is 10.9. The Hall–Kier alpha value is -1.75. The third-order valence-corrected chi connectivity index (χ3v) is 3.80. The molecule has 100 valence electrons. The number of thioether (sulfide) groups is 1. The fourth-order valence-electron chi connectivity index (χ4n) is 1.70. The molecule has 2 rings (SSSR count). The lowest BCUT2D eigenvalue weighted by Crippen LogP contribution is -2.23. The van der Waals surface area contributed by atoms with Gasteiger partial charge in [0.05, 0.1) is 0 Å². The van der Waals surface area contributed by atoms with Gasteiger partial charge < -0.3 is 10.4 Å². The maximum Gasteiger partial charge on any atom is 0.180 e. The van der Waals surface area contributed by atoms with E-state index in [1.165, 1.54) is 35.9 Å². The molecule has 0 unspecified atom stereocenters. The zero-order chi connectivity index (χ0) is 13.5. The lowest BCUT2D eigenvalue weighted by molar-refractivity contribution is -0.605. The van der Waals surface area contributed by atoms with Gasteiger partial charge in [0, 0.05) is 24.3 Å². The minimum absolute atomic E-state index is 0.800. The maximum atomic E-state index is 10.9. The molecule has 0 spiro atoms. The van der Waals surface area contributed by atoms with Crippen LogP contribution in [0.4, 0.5) is 0 Å². The van der Waals surface area contributed by atoms with Crippen molar-refractivity contribution in [2.45, 2.75) is 12.8 Å². The summed E-state index contributed by atoms with van der Waals surface area (Å²) < 4.78 is 1.60. The molecule has 0 saturated heterocycles. The highest BCUT2D eigenvalue weighted by Gasteiger charge is 1.98. The van der Waals surface area contributed by atoms with Gasteiger partial charge in [-0.15, -0.1) is 0 Å². The van der Waals surface area contributed by atoms with Gasteiger partial charge >= 0.3 is 0 Å². The number of hydrogen-bond acceptors (Lipinski definition) is 3. The number of hydrogen-bond donors (Lipinski definition) is 0. The van der Waals surface area contributed by atoms with Gasteiger partial charge in [0.25, 0.3) is 0 Å². The lowest BCUT2D eigenvalue weighted by atomic mass is 10.2. The summed E-state index contributed by atoms with van der Waals surface area (Å²) in [5.41, 5.74) is 2.37. The van der Waals surface area contributed by atoms with Crippen LogP contribution in [0, 0.1) is 10.4 Å². The van der Waals surface area contributed by atoms with E-state index in [0.717, 1.165) is 33.8 Å². The Balaban J connectivity index is 1.64. The molecule has 0 aliphatic heterocycles. The highest BCUT2D eigenvalue weighted by atomic mass is 32.2.